The Labute approximate surface area is 181 Å². The van der Waals surface area contributed by atoms with Gasteiger partial charge in [0.25, 0.3) is 0 Å². The molecule has 31 heavy (non-hydrogen) atoms. The van der Waals surface area contributed by atoms with Crippen molar-refractivity contribution in [1.29, 1.82) is 0 Å². The number of morpholine rings is 1. The standard InChI is InChI=1S/C23H27N5O3/c1-29-20-14-18-16(13-21(20)31-9-3-6-28-7-10-30-11-8-28)12-19-22(18)26-27-23(19)25-17-4-2-5-24-15-17/h2,4-5,13-15H,3,6-12H2,1H3,(H2,25,26,27). The molecule has 3 heterocycles. The Morgan fingerprint density at radius 2 is 2.13 bits per heavy atom. The molecule has 0 radical (unpaired) electrons. The maximum atomic E-state index is 6.11. The number of fused-ring (bicyclic) bond motifs is 3. The second-order valence-electron chi connectivity index (χ2n) is 7.79. The van der Waals surface area contributed by atoms with Gasteiger partial charge in [-0.25, -0.2) is 0 Å². The fourth-order valence-electron chi connectivity index (χ4n) is 4.17. The number of aromatic nitrogens is 3. The Bertz CT molecular complexity index is 1030. The van der Waals surface area contributed by atoms with Gasteiger partial charge in [0.15, 0.2) is 11.5 Å². The lowest BCUT2D eigenvalue weighted by Crippen LogP contribution is -2.37. The van der Waals surface area contributed by atoms with Crippen molar-refractivity contribution < 1.29 is 14.2 Å². The summed E-state index contributed by atoms with van der Waals surface area (Å²) in [4.78, 5) is 6.58. The molecule has 162 valence electrons. The lowest BCUT2D eigenvalue weighted by molar-refractivity contribution is 0.0357. The monoisotopic (exact) mass is 421 g/mol. The Morgan fingerprint density at radius 1 is 1.23 bits per heavy atom. The molecule has 1 aliphatic carbocycles. The van der Waals surface area contributed by atoms with Crippen LogP contribution in [0.5, 0.6) is 11.5 Å². The molecule has 0 spiro atoms. The van der Waals surface area contributed by atoms with E-state index in [1.165, 1.54) is 5.56 Å². The molecular weight excluding hydrogens is 394 g/mol. The fourth-order valence-corrected chi connectivity index (χ4v) is 4.17. The van der Waals surface area contributed by atoms with Gasteiger partial charge < -0.3 is 19.5 Å². The molecule has 2 N–H and O–H groups in total. The molecule has 5 rings (SSSR count). The third kappa shape index (κ3) is 4.22. The number of hydrogen-bond donors (Lipinski definition) is 2. The average molecular weight is 422 g/mol. The highest BCUT2D eigenvalue weighted by molar-refractivity contribution is 5.81. The molecule has 1 aliphatic heterocycles. The topological polar surface area (TPSA) is 84.5 Å². The highest BCUT2D eigenvalue weighted by atomic mass is 16.5. The summed E-state index contributed by atoms with van der Waals surface area (Å²) in [5, 5.41) is 11.0. The molecule has 0 unspecified atom stereocenters. The van der Waals surface area contributed by atoms with Crippen LogP contribution < -0.4 is 14.8 Å². The van der Waals surface area contributed by atoms with E-state index >= 15 is 0 Å². The quantitative estimate of drug-likeness (QED) is 0.423. The van der Waals surface area contributed by atoms with Gasteiger partial charge in [-0.3, -0.25) is 15.0 Å². The summed E-state index contributed by atoms with van der Waals surface area (Å²) in [5.74, 6) is 2.42. The van der Waals surface area contributed by atoms with Crippen molar-refractivity contribution in [3.8, 4) is 22.8 Å². The van der Waals surface area contributed by atoms with Crippen molar-refractivity contribution >= 4 is 11.5 Å². The van der Waals surface area contributed by atoms with Gasteiger partial charge in [0.05, 0.1) is 44.5 Å². The number of nitrogens with one attached hydrogen (secondary N) is 2. The van der Waals surface area contributed by atoms with Crippen LogP contribution in [0.3, 0.4) is 0 Å². The molecule has 0 amide bonds. The van der Waals surface area contributed by atoms with Crippen LogP contribution >= 0.6 is 0 Å². The predicted molar refractivity (Wildman–Crippen MR) is 118 cm³/mol. The molecule has 0 bridgehead atoms. The minimum atomic E-state index is 0.658. The predicted octanol–water partition coefficient (Wildman–Crippen LogP) is 3.23. The number of anilines is 2. The summed E-state index contributed by atoms with van der Waals surface area (Å²) < 4.78 is 17.1. The highest BCUT2D eigenvalue weighted by Gasteiger charge is 2.27. The largest absolute Gasteiger partial charge is 0.493 e. The molecule has 1 saturated heterocycles. The molecule has 3 aromatic rings. The van der Waals surface area contributed by atoms with Crippen LogP contribution in [0.25, 0.3) is 11.3 Å². The molecule has 1 fully saturated rings. The normalized spacial score (nSPS) is 15.4. The molecule has 2 aliphatic rings. The number of H-pyrrole nitrogens is 1. The zero-order valence-electron chi connectivity index (χ0n) is 17.7. The third-order valence-electron chi connectivity index (χ3n) is 5.79. The van der Waals surface area contributed by atoms with E-state index in [0.717, 1.165) is 85.5 Å². The first kappa shape index (κ1) is 19.8. The lowest BCUT2D eigenvalue weighted by Gasteiger charge is -2.26. The second kappa shape index (κ2) is 8.95. The Kier molecular flexibility index (Phi) is 5.73. The van der Waals surface area contributed by atoms with Crippen molar-refractivity contribution in [2.24, 2.45) is 0 Å². The van der Waals surface area contributed by atoms with Crippen LogP contribution in [0.4, 0.5) is 11.5 Å². The van der Waals surface area contributed by atoms with Crippen LogP contribution in [0.2, 0.25) is 0 Å². The van der Waals surface area contributed by atoms with Gasteiger partial charge in [-0.2, -0.15) is 5.10 Å². The summed E-state index contributed by atoms with van der Waals surface area (Å²) in [6.45, 7) is 5.34. The molecular formula is C23H27N5O3. The Hall–Kier alpha value is -3.10. The van der Waals surface area contributed by atoms with Crippen molar-refractivity contribution in [2.45, 2.75) is 12.8 Å². The maximum absolute atomic E-state index is 6.11. The molecule has 8 nitrogen and oxygen atoms in total. The minimum Gasteiger partial charge on any atom is -0.493 e. The van der Waals surface area contributed by atoms with Gasteiger partial charge in [-0.1, -0.05) is 0 Å². The summed E-state index contributed by atoms with van der Waals surface area (Å²) in [6, 6.07) is 8.01. The van der Waals surface area contributed by atoms with E-state index in [1.54, 1.807) is 19.5 Å². The number of hydrogen-bond acceptors (Lipinski definition) is 7. The molecule has 8 heteroatoms. The van der Waals surface area contributed by atoms with Crippen LogP contribution in [-0.4, -0.2) is 66.6 Å². The van der Waals surface area contributed by atoms with Crippen LogP contribution in [-0.2, 0) is 11.2 Å². The van der Waals surface area contributed by atoms with E-state index in [0.29, 0.717) is 6.61 Å². The third-order valence-corrected chi connectivity index (χ3v) is 5.79. The average Bonchev–Trinajstić information content (AvgIpc) is 3.37. The zero-order chi connectivity index (χ0) is 21.0. The van der Waals surface area contributed by atoms with Crippen LogP contribution in [0.1, 0.15) is 17.5 Å². The molecule has 2 aromatic heterocycles. The first-order chi connectivity index (χ1) is 15.3. The molecule has 1 aromatic carbocycles. The van der Waals surface area contributed by atoms with E-state index in [-0.39, 0.29) is 0 Å². The zero-order valence-corrected chi connectivity index (χ0v) is 17.7. The molecule has 0 saturated carbocycles. The van der Waals surface area contributed by atoms with Gasteiger partial charge in [-0.15, -0.1) is 0 Å². The second-order valence-corrected chi connectivity index (χ2v) is 7.79. The van der Waals surface area contributed by atoms with E-state index < -0.39 is 0 Å². The Morgan fingerprint density at radius 3 is 2.94 bits per heavy atom. The number of rotatable bonds is 8. The van der Waals surface area contributed by atoms with Crippen molar-refractivity contribution in [3.05, 3.63) is 47.8 Å². The number of nitrogens with zero attached hydrogens (tertiary/aromatic N) is 3. The minimum absolute atomic E-state index is 0.658. The van der Waals surface area contributed by atoms with Gasteiger partial charge in [0.2, 0.25) is 0 Å². The van der Waals surface area contributed by atoms with Crippen LogP contribution in [0.15, 0.2) is 36.7 Å². The maximum Gasteiger partial charge on any atom is 0.161 e. The van der Waals surface area contributed by atoms with E-state index in [9.17, 15) is 0 Å². The van der Waals surface area contributed by atoms with Gasteiger partial charge in [0.1, 0.15) is 5.82 Å². The smallest absolute Gasteiger partial charge is 0.161 e. The Balaban J connectivity index is 1.27. The summed E-state index contributed by atoms with van der Waals surface area (Å²) in [6.07, 6.45) is 5.31. The van der Waals surface area contributed by atoms with Crippen molar-refractivity contribution in [2.75, 3.05) is 51.9 Å². The summed E-state index contributed by atoms with van der Waals surface area (Å²) in [5.41, 5.74) is 5.31. The molecule has 0 atom stereocenters. The highest BCUT2D eigenvalue weighted by Crippen LogP contribution is 2.44. The van der Waals surface area contributed by atoms with E-state index in [1.807, 2.05) is 18.2 Å². The van der Waals surface area contributed by atoms with Gasteiger partial charge >= 0.3 is 0 Å². The lowest BCUT2D eigenvalue weighted by atomic mass is 10.1. The first-order valence-electron chi connectivity index (χ1n) is 10.7. The number of benzene rings is 1. The summed E-state index contributed by atoms with van der Waals surface area (Å²) in [7, 11) is 1.68. The van der Waals surface area contributed by atoms with Crippen molar-refractivity contribution in [3.63, 3.8) is 0 Å². The van der Waals surface area contributed by atoms with E-state index in [2.05, 4.69) is 31.5 Å². The number of methoxy groups -OCH3 is 1. The first-order valence-corrected chi connectivity index (χ1v) is 10.7. The fraction of sp³-hybridized carbons (Fsp3) is 0.391. The van der Waals surface area contributed by atoms with Crippen LogP contribution in [0, 0.1) is 0 Å². The number of pyridine rings is 1. The van der Waals surface area contributed by atoms with Gasteiger partial charge in [0, 0.05) is 43.4 Å². The van der Waals surface area contributed by atoms with Gasteiger partial charge in [-0.05, 0) is 36.2 Å². The van der Waals surface area contributed by atoms with E-state index in [4.69, 9.17) is 14.2 Å². The number of aromatic amines is 1. The van der Waals surface area contributed by atoms with Crippen molar-refractivity contribution in [1.82, 2.24) is 20.1 Å². The number of ether oxygens (including phenoxy) is 3. The SMILES string of the molecule is COc1cc2c(cc1OCCCN1CCOCC1)Cc1c-2n[nH]c1Nc1cccnc1. The summed E-state index contributed by atoms with van der Waals surface area (Å²) >= 11 is 0.